The first kappa shape index (κ1) is 14.9. The smallest absolute Gasteiger partial charge is 0.113 e. The highest BCUT2D eigenvalue weighted by molar-refractivity contribution is 7.11. The number of nitrogens with zero attached hydrogens (tertiary/aromatic N) is 1. The second-order valence-electron chi connectivity index (χ2n) is 6.07. The van der Waals surface area contributed by atoms with Crippen molar-refractivity contribution in [1.82, 2.24) is 10.3 Å². The molecule has 1 heterocycles. The second-order valence-corrected chi connectivity index (χ2v) is 7.28. The van der Waals surface area contributed by atoms with E-state index in [1.807, 2.05) is 11.3 Å². The average Bonchev–Trinajstić information content (AvgIpc) is 2.62. The van der Waals surface area contributed by atoms with Gasteiger partial charge in [0.2, 0.25) is 0 Å². The van der Waals surface area contributed by atoms with Gasteiger partial charge in [-0.3, -0.25) is 0 Å². The zero-order valence-corrected chi connectivity index (χ0v) is 13.6. The quantitative estimate of drug-likeness (QED) is 0.813. The molecule has 0 bridgehead atoms. The molecule has 0 unspecified atom stereocenters. The molecule has 0 atom stereocenters. The van der Waals surface area contributed by atoms with Crippen LogP contribution < -0.4 is 5.32 Å². The van der Waals surface area contributed by atoms with Gasteiger partial charge < -0.3 is 10.1 Å². The minimum absolute atomic E-state index is 0.108. The third-order valence-electron chi connectivity index (χ3n) is 4.37. The lowest BCUT2D eigenvalue weighted by molar-refractivity contribution is 0.0593. The lowest BCUT2D eigenvalue weighted by Gasteiger charge is -2.49. The summed E-state index contributed by atoms with van der Waals surface area (Å²) in [5.74, 6) is 1.58. The van der Waals surface area contributed by atoms with Gasteiger partial charge in [0.15, 0.2) is 0 Å². The van der Waals surface area contributed by atoms with Crippen LogP contribution in [0.15, 0.2) is 0 Å². The van der Waals surface area contributed by atoms with Gasteiger partial charge in [-0.2, -0.15) is 0 Å². The Kier molecular flexibility index (Phi) is 4.64. The molecule has 4 heteroatoms. The van der Waals surface area contributed by atoms with Crippen LogP contribution in [-0.4, -0.2) is 25.2 Å². The van der Waals surface area contributed by atoms with Crippen molar-refractivity contribution in [2.75, 3.05) is 20.3 Å². The maximum absolute atomic E-state index is 5.17. The van der Waals surface area contributed by atoms with Gasteiger partial charge in [0.25, 0.3) is 0 Å². The minimum Gasteiger partial charge on any atom is -0.383 e. The summed E-state index contributed by atoms with van der Waals surface area (Å²) in [6.07, 6.45) is 2.42. The van der Waals surface area contributed by atoms with Crippen LogP contribution in [0.5, 0.6) is 0 Å². The van der Waals surface area contributed by atoms with E-state index in [1.165, 1.54) is 28.4 Å². The zero-order valence-electron chi connectivity index (χ0n) is 12.7. The summed E-state index contributed by atoms with van der Waals surface area (Å²) in [5, 5.41) is 4.97. The van der Waals surface area contributed by atoms with Gasteiger partial charge in [-0.1, -0.05) is 13.8 Å². The molecule has 3 nitrogen and oxygen atoms in total. The fraction of sp³-hybridized carbons (Fsp3) is 0.800. The standard InChI is InChI=1S/C15H26N2OS/c1-10(2)13-8-15(9-13,16-6-7-18-5)14-17-11(3)12(4)19-14/h10,13,16H,6-9H2,1-5H3. The topological polar surface area (TPSA) is 34.1 Å². The number of methoxy groups -OCH3 is 1. The number of aromatic nitrogens is 1. The molecule has 1 aromatic rings. The molecule has 0 aliphatic heterocycles. The third-order valence-corrected chi connectivity index (χ3v) is 5.65. The Hall–Kier alpha value is -0.450. The van der Waals surface area contributed by atoms with Crippen molar-refractivity contribution in [2.24, 2.45) is 11.8 Å². The van der Waals surface area contributed by atoms with Crippen molar-refractivity contribution < 1.29 is 4.74 Å². The summed E-state index contributed by atoms with van der Waals surface area (Å²) in [5.41, 5.74) is 1.29. The SMILES string of the molecule is COCCNC1(c2nc(C)c(C)s2)CC(C(C)C)C1. The van der Waals surface area contributed by atoms with E-state index in [1.54, 1.807) is 7.11 Å². The predicted octanol–water partition coefficient (Wildman–Crippen LogP) is 3.26. The number of aryl methyl sites for hydroxylation is 2. The number of ether oxygens (including phenoxy) is 1. The highest BCUT2D eigenvalue weighted by Gasteiger charge is 2.48. The summed E-state index contributed by atoms with van der Waals surface area (Å²) in [6.45, 7) is 10.6. The summed E-state index contributed by atoms with van der Waals surface area (Å²) in [6, 6.07) is 0. The van der Waals surface area contributed by atoms with Gasteiger partial charge in [0.1, 0.15) is 5.01 Å². The zero-order chi connectivity index (χ0) is 14.0. The van der Waals surface area contributed by atoms with Crippen LogP contribution in [0.1, 0.15) is 42.3 Å². The van der Waals surface area contributed by atoms with Gasteiger partial charge >= 0.3 is 0 Å². The summed E-state index contributed by atoms with van der Waals surface area (Å²) in [7, 11) is 1.75. The molecule has 1 N–H and O–H groups in total. The van der Waals surface area contributed by atoms with E-state index >= 15 is 0 Å². The van der Waals surface area contributed by atoms with Crippen LogP contribution in [0, 0.1) is 25.7 Å². The monoisotopic (exact) mass is 282 g/mol. The Balaban J connectivity index is 2.12. The highest BCUT2D eigenvalue weighted by Crippen LogP contribution is 2.49. The fourth-order valence-electron chi connectivity index (χ4n) is 2.77. The number of hydrogen-bond donors (Lipinski definition) is 1. The number of rotatable bonds is 6. The van der Waals surface area contributed by atoms with Crippen molar-refractivity contribution >= 4 is 11.3 Å². The molecule has 0 radical (unpaired) electrons. The van der Waals surface area contributed by atoms with Crippen LogP contribution in [-0.2, 0) is 10.3 Å². The Morgan fingerprint density at radius 3 is 2.58 bits per heavy atom. The van der Waals surface area contributed by atoms with Crippen molar-refractivity contribution in [3.63, 3.8) is 0 Å². The first-order chi connectivity index (χ1) is 8.98. The Bertz CT molecular complexity index is 402. The van der Waals surface area contributed by atoms with Crippen molar-refractivity contribution in [3.05, 3.63) is 15.6 Å². The van der Waals surface area contributed by atoms with E-state index in [4.69, 9.17) is 9.72 Å². The summed E-state index contributed by atoms with van der Waals surface area (Å²) in [4.78, 5) is 6.14. The van der Waals surface area contributed by atoms with Gasteiger partial charge in [0.05, 0.1) is 17.8 Å². The first-order valence-electron chi connectivity index (χ1n) is 7.17. The molecule has 1 aromatic heterocycles. The fourth-order valence-corrected chi connectivity index (χ4v) is 3.87. The normalized spacial score (nSPS) is 26.7. The van der Waals surface area contributed by atoms with Crippen LogP contribution >= 0.6 is 11.3 Å². The maximum Gasteiger partial charge on any atom is 0.113 e. The summed E-state index contributed by atoms with van der Waals surface area (Å²) < 4.78 is 5.17. The van der Waals surface area contributed by atoms with Crippen molar-refractivity contribution in [1.29, 1.82) is 0 Å². The van der Waals surface area contributed by atoms with E-state index in [0.717, 1.165) is 25.0 Å². The Morgan fingerprint density at radius 1 is 1.42 bits per heavy atom. The van der Waals surface area contributed by atoms with Crippen LogP contribution in [0.3, 0.4) is 0 Å². The number of nitrogens with one attached hydrogen (secondary N) is 1. The molecule has 1 aliphatic rings. The highest BCUT2D eigenvalue weighted by atomic mass is 32.1. The molecule has 0 amide bonds. The lowest BCUT2D eigenvalue weighted by Crippen LogP contribution is -2.54. The molecule has 1 fully saturated rings. The van der Waals surface area contributed by atoms with E-state index in [9.17, 15) is 0 Å². The molecule has 0 spiro atoms. The molecule has 0 saturated heterocycles. The molecular weight excluding hydrogens is 256 g/mol. The van der Waals surface area contributed by atoms with E-state index in [2.05, 4.69) is 33.0 Å². The molecule has 0 aromatic carbocycles. The van der Waals surface area contributed by atoms with Crippen molar-refractivity contribution in [2.45, 2.75) is 46.1 Å². The molecule has 1 saturated carbocycles. The van der Waals surface area contributed by atoms with Crippen LogP contribution in [0.4, 0.5) is 0 Å². The number of thiazole rings is 1. The van der Waals surface area contributed by atoms with Crippen LogP contribution in [0.2, 0.25) is 0 Å². The van der Waals surface area contributed by atoms with Crippen LogP contribution in [0.25, 0.3) is 0 Å². The predicted molar refractivity (Wildman–Crippen MR) is 80.7 cm³/mol. The molecule has 19 heavy (non-hydrogen) atoms. The molecular formula is C15H26N2OS. The second kappa shape index (κ2) is 5.90. The lowest BCUT2D eigenvalue weighted by atomic mass is 9.64. The third kappa shape index (κ3) is 3.01. The van der Waals surface area contributed by atoms with Gasteiger partial charge in [-0.25, -0.2) is 4.98 Å². The van der Waals surface area contributed by atoms with Crippen molar-refractivity contribution in [3.8, 4) is 0 Å². The summed E-state index contributed by atoms with van der Waals surface area (Å²) >= 11 is 1.85. The van der Waals surface area contributed by atoms with E-state index in [-0.39, 0.29) is 5.54 Å². The number of hydrogen-bond acceptors (Lipinski definition) is 4. The van der Waals surface area contributed by atoms with Gasteiger partial charge in [-0.05, 0) is 38.5 Å². The first-order valence-corrected chi connectivity index (χ1v) is 7.98. The Morgan fingerprint density at radius 2 is 2.11 bits per heavy atom. The van der Waals surface area contributed by atoms with Gasteiger partial charge in [0, 0.05) is 18.5 Å². The largest absolute Gasteiger partial charge is 0.383 e. The molecule has 108 valence electrons. The Labute approximate surface area is 120 Å². The van der Waals surface area contributed by atoms with E-state index in [0.29, 0.717) is 0 Å². The minimum atomic E-state index is 0.108. The van der Waals surface area contributed by atoms with Gasteiger partial charge in [-0.15, -0.1) is 11.3 Å². The average molecular weight is 282 g/mol. The molecule has 1 aliphatic carbocycles. The maximum atomic E-state index is 5.17. The molecule has 2 rings (SSSR count). The van der Waals surface area contributed by atoms with E-state index < -0.39 is 0 Å².